The van der Waals surface area contributed by atoms with E-state index in [1.807, 2.05) is 11.9 Å². The Morgan fingerprint density at radius 2 is 2.19 bits per heavy atom. The molecular weight excluding hydrogens is 200 g/mol. The van der Waals surface area contributed by atoms with Crippen molar-refractivity contribution in [2.24, 2.45) is 11.3 Å². The third-order valence-electron chi connectivity index (χ3n) is 3.77. The van der Waals surface area contributed by atoms with Gasteiger partial charge < -0.3 is 10.2 Å². The number of hydrogen-bond acceptors (Lipinski definition) is 2. The van der Waals surface area contributed by atoms with Gasteiger partial charge in [0, 0.05) is 19.0 Å². The fourth-order valence-electron chi connectivity index (χ4n) is 2.57. The SMILES string of the molecule is CCCN(C)C(=O)C(C)(C)C1CCCNC1. The van der Waals surface area contributed by atoms with Gasteiger partial charge in [-0.1, -0.05) is 20.8 Å². The average Bonchev–Trinajstić information content (AvgIpc) is 2.29. The molecule has 0 radical (unpaired) electrons. The highest BCUT2D eigenvalue weighted by molar-refractivity contribution is 5.82. The molecule has 1 heterocycles. The molecule has 0 bridgehead atoms. The number of rotatable bonds is 4. The second-order valence-electron chi connectivity index (χ2n) is 5.49. The summed E-state index contributed by atoms with van der Waals surface area (Å²) in [5.74, 6) is 0.774. The van der Waals surface area contributed by atoms with Crippen molar-refractivity contribution >= 4 is 5.91 Å². The maximum absolute atomic E-state index is 12.4. The van der Waals surface area contributed by atoms with E-state index in [1.54, 1.807) is 0 Å². The van der Waals surface area contributed by atoms with Crippen LogP contribution in [-0.4, -0.2) is 37.5 Å². The molecule has 1 amide bonds. The second-order valence-corrected chi connectivity index (χ2v) is 5.49. The molecule has 0 aliphatic carbocycles. The summed E-state index contributed by atoms with van der Waals surface area (Å²) in [6, 6.07) is 0. The normalized spacial score (nSPS) is 21.9. The van der Waals surface area contributed by atoms with Gasteiger partial charge in [-0.25, -0.2) is 0 Å². The first-order chi connectivity index (χ1) is 7.50. The van der Waals surface area contributed by atoms with Crippen molar-refractivity contribution in [2.75, 3.05) is 26.7 Å². The van der Waals surface area contributed by atoms with Crippen molar-refractivity contribution in [2.45, 2.75) is 40.0 Å². The molecule has 0 aromatic heterocycles. The summed E-state index contributed by atoms with van der Waals surface area (Å²) in [6.07, 6.45) is 3.39. The summed E-state index contributed by atoms with van der Waals surface area (Å²) in [5, 5.41) is 3.40. The van der Waals surface area contributed by atoms with Gasteiger partial charge in [0.25, 0.3) is 0 Å². The predicted octanol–water partition coefficient (Wildman–Crippen LogP) is 1.88. The largest absolute Gasteiger partial charge is 0.345 e. The lowest BCUT2D eigenvalue weighted by molar-refractivity contribution is -0.142. The first-order valence-electron chi connectivity index (χ1n) is 6.46. The molecule has 94 valence electrons. The van der Waals surface area contributed by atoms with Gasteiger partial charge in [0.05, 0.1) is 0 Å². The van der Waals surface area contributed by atoms with Crippen molar-refractivity contribution in [3.63, 3.8) is 0 Å². The van der Waals surface area contributed by atoms with Crippen LogP contribution in [0.25, 0.3) is 0 Å². The summed E-state index contributed by atoms with van der Waals surface area (Å²) in [6.45, 7) is 9.25. The smallest absolute Gasteiger partial charge is 0.228 e. The summed E-state index contributed by atoms with van der Waals surface area (Å²) in [5.41, 5.74) is -0.225. The van der Waals surface area contributed by atoms with E-state index < -0.39 is 0 Å². The van der Waals surface area contributed by atoms with E-state index in [-0.39, 0.29) is 5.41 Å². The molecule has 1 aliphatic heterocycles. The highest BCUT2D eigenvalue weighted by atomic mass is 16.2. The Morgan fingerprint density at radius 1 is 1.50 bits per heavy atom. The second kappa shape index (κ2) is 5.67. The van der Waals surface area contributed by atoms with Crippen molar-refractivity contribution in [3.8, 4) is 0 Å². The fraction of sp³-hybridized carbons (Fsp3) is 0.923. The number of piperidine rings is 1. The maximum atomic E-state index is 12.4. The average molecular weight is 226 g/mol. The third kappa shape index (κ3) is 2.97. The standard InChI is InChI=1S/C13H26N2O/c1-5-9-15(4)12(16)13(2,3)11-7-6-8-14-10-11/h11,14H,5-10H2,1-4H3. The molecule has 0 aromatic carbocycles. The van der Waals surface area contributed by atoms with Gasteiger partial charge in [-0.3, -0.25) is 4.79 Å². The summed E-state index contributed by atoms with van der Waals surface area (Å²) in [4.78, 5) is 14.2. The molecule has 1 saturated heterocycles. The van der Waals surface area contributed by atoms with Crippen LogP contribution in [0.3, 0.4) is 0 Å². The van der Waals surface area contributed by atoms with Crippen LogP contribution in [0.5, 0.6) is 0 Å². The lowest BCUT2D eigenvalue weighted by Gasteiger charge is -2.38. The summed E-state index contributed by atoms with van der Waals surface area (Å²) < 4.78 is 0. The Kier molecular flexibility index (Phi) is 4.78. The third-order valence-corrected chi connectivity index (χ3v) is 3.77. The molecule has 0 aromatic rings. The zero-order valence-corrected chi connectivity index (χ0v) is 11.2. The highest BCUT2D eigenvalue weighted by Gasteiger charge is 2.38. The van der Waals surface area contributed by atoms with E-state index in [9.17, 15) is 4.79 Å². The monoisotopic (exact) mass is 226 g/mol. The van der Waals surface area contributed by atoms with Gasteiger partial charge in [-0.2, -0.15) is 0 Å². The Morgan fingerprint density at radius 3 is 2.69 bits per heavy atom. The van der Waals surface area contributed by atoms with Crippen LogP contribution in [0.4, 0.5) is 0 Å². The van der Waals surface area contributed by atoms with Gasteiger partial charge >= 0.3 is 0 Å². The molecule has 1 fully saturated rings. The van der Waals surface area contributed by atoms with Crippen LogP contribution in [0.1, 0.15) is 40.0 Å². The number of amides is 1. The number of carbonyl (C=O) groups excluding carboxylic acids is 1. The predicted molar refractivity (Wildman–Crippen MR) is 67.3 cm³/mol. The van der Waals surface area contributed by atoms with Gasteiger partial charge in [-0.05, 0) is 38.3 Å². The van der Waals surface area contributed by atoms with Crippen LogP contribution in [-0.2, 0) is 4.79 Å². The van der Waals surface area contributed by atoms with Crippen molar-refractivity contribution in [3.05, 3.63) is 0 Å². The Labute approximate surface area is 99.6 Å². The summed E-state index contributed by atoms with van der Waals surface area (Å²) in [7, 11) is 1.92. The van der Waals surface area contributed by atoms with Crippen LogP contribution in [0.2, 0.25) is 0 Å². The maximum Gasteiger partial charge on any atom is 0.228 e. The lowest BCUT2D eigenvalue weighted by atomic mass is 9.74. The van der Waals surface area contributed by atoms with Crippen LogP contribution in [0.15, 0.2) is 0 Å². The minimum atomic E-state index is -0.225. The number of hydrogen-bond donors (Lipinski definition) is 1. The van der Waals surface area contributed by atoms with E-state index >= 15 is 0 Å². The zero-order chi connectivity index (χ0) is 12.2. The molecule has 1 atom stereocenters. The van der Waals surface area contributed by atoms with E-state index in [2.05, 4.69) is 26.1 Å². The molecule has 3 heteroatoms. The first-order valence-corrected chi connectivity index (χ1v) is 6.46. The number of carbonyl (C=O) groups is 1. The molecule has 16 heavy (non-hydrogen) atoms. The van der Waals surface area contributed by atoms with Crippen molar-refractivity contribution in [1.29, 1.82) is 0 Å². The van der Waals surface area contributed by atoms with Crippen molar-refractivity contribution in [1.82, 2.24) is 10.2 Å². The highest BCUT2D eigenvalue weighted by Crippen LogP contribution is 2.33. The molecule has 0 spiro atoms. The van der Waals surface area contributed by atoms with Gasteiger partial charge in [0.15, 0.2) is 0 Å². The first kappa shape index (κ1) is 13.5. The molecule has 1 N–H and O–H groups in total. The molecule has 1 rings (SSSR count). The molecular formula is C13H26N2O. The zero-order valence-electron chi connectivity index (χ0n) is 11.2. The topological polar surface area (TPSA) is 32.3 Å². The number of nitrogens with zero attached hydrogens (tertiary/aromatic N) is 1. The van der Waals surface area contributed by atoms with Crippen molar-refractivity contribution < 1.29 is 4.79 Å². The molecule has 0 saturated carbocycles. The van der Waals surface area contributed by atoms with Gasteiger partial charge in [-0.15, -0.1) is 0 Å². The summed E-state index contributed by atoms with van der Waals surface area (Å²) >= 11 is 0. The minimum Gasteiger partial charge on any atom is -0.345 e. The van der Waals surface area contributed by atoms with E-state index in [4.69, 9.17) is 0 Å². The molecule has 3 nitrogen and oxygen atoms in total. The molecule has 1 aliphatic rings. The minimum absolute atomic E-state index is 0.225. The molecule has 1 unspecified atom stereocenters. The van der Waals surface area contributed by atoms with Crippen LogP contribution < -0.4 is 5.32 Å². The Hall–Kier alpha value is -0.570. The quantitative estimate of drug-likeness (QED) is 0.794. The van der Waals surface area contributed by atoms with Gasteiger partial charge in [0.2, 0.25) is 5.91 Å². The fourth-order valence-corrected chi connectivity index (χ4v) is 2.57. The van der Waals surface area contributed by atoms with E-state index in [0.717, 1.165) is 26.1 Å². The number of nitrogens with one attached hydrogen (secondary N) is 1. The van der Waals surface area contributed by atoms with Crippen LogP contribution in [0, 0.1) is 11.3 Å². The van der Waals surface area contributed by atoms with Crippen LogP contribution >= 0.6 is 0 Å². The van der Waals surface area contributed by atoms with E-state index in [1.165, 1.54) is 12.8 Å². The Balaban J connectivity index is 2.63. The van der Waals surface area contributed by atoms with E-state index in [0.29, 0.717) is 11.8 Å². The Bertz CT molecular complexity index is 232. The van der Waals surface area contributed by atoms with Gasteiger partial charge in [0.1, 0.15) is 0 Å². The lowest BCUT2D eigenvalue weighted by Crippen LogP contribution is -2.48.